The number of benzene rings is 3. The zero-order valence-electron chi connectivity index (χ0n) is 15.2. The summed E-state index contributed by atoms with van der Waals surface area (Å²) in [6.07, 6.45) is 1.51. The molecule has 3 aromatic rings. The lowest BCUT2D eigenvalue weighted by molar-refractivity contribution is 0.0734. The van der Waals surface area contributed by atoms with Gasteiger partial charge in [-0.25, -0.2) is 10.2 Å². The smallest absolute Gasteiger partial charge is 0.343 e. The van der Waals surface area contributed by atoms with Crippen LogP contribution in [0.3, 0.4) is 0 Å². The molecule has 3 rings (SSSR count). The number of methoxy groups -OCH3 is 1. The molecule has 0 aliphatic heterocycles. The molecule has 0 saturated heterocycles. The maximum absolute atomic E-state index is 12.1. The monoisotopic (exact) mass is 374 g/mol. The summed E-state index contributed by atoms with van der Waals surface area (Å²) in [7, 11) is 1.56. The molecule has 1 amide bonds. The summed E-state index contributed by atoms with van der Waals surface area (Å²) in [6, 6.07) is 22.2. The standard InChI is InChI=1S/C22H18N2O4/c1-27-19-13-9-18(10-14-19)22(26)28-20-11-7-16(8-12-20)15-23-24-21(25)17-5-3-2-4-6-17/h2-15H,1H3,(H,24,25)/b23-15-. The van der Waals surface area contributed by atoms with E-state index >= 15 is 0 Å². The Morgan fingerprint density at radius 3 is 2.11 bits per heavy atom. The zero-order chi connectivity index (χ0) is 19.8. The highest BCUT2D eigenvalue weighted by Crippen LogP contribution is 2.16. The number of amides is 1. The molecule has 0 heterocycles. The summed E-state index contributed by atoms with van der Waals surface area (Å²) >= 11 is 0. The van der Waals surface area contributed by atoms with Crippen LogP contribution in [-0.4, -0.2) is 25.2 Å². The van der Waals surface area contributed by atoms with Crippen LogP contribution in [0.25, 0.3) is 0 Å². The predicted octanol–water partition coefficient (Wildman–Crippen LogP) is 3.68. The number of hydrazone groups is 1. The van der Waals surface area contributed by atoms with Gasteiger partial charge in [-0.15, -0.1) is 0 Å². The minimum absolute atomic E-state index is 0.290. The van der Waals surface area contributed by atoms with Crippen molar-refractivity contribution in [3.8, 4) is 11.5 Å². The largest absolute Gasteiger partial charge is 0.497 e. The van der Waals surface area contributed by atoms with Gasteiger partial charge in [0, 0.05) is 5.56 Å². The molecule has 6 nitrogen and oxygen atoms in total. The third kappa shape index (κ3) is 5.04. The van der Waals surface area contributed by atoms with E-state index in [1.54, 1.807) is 79.9 Å². The maximum atomic E-state index is 12.1. The first-order valence-corrected chi connectivity index (χ1v) is 8.50. The van der Waals surface area contributed by atoms with Crippen LogP contribution >= 0.6 is 0 Å². The SMILES string of the molecule is COc1ccc(C(=O)Oc2ccc(/C=N\NC(=O)c3ccccc3)cc2)cc1. The van der Waals surface area contributed by atoms with Gasteiger partial charge in [0.2, 0.25) is 0 Å². The summed E-state index contributed by atoms with van der Waals surface area (Å²) in [5.41, 5.74) is 4.16. The molecule has 0 bridgehead atoms. The van der Waals surface area contributed by atoms with E-state index in [0.717, 1.165) is 5.56 Å². The molecule has 0 saturated carbocycles. The fraction of sp³-hybridized carbons (Fsp3) is 0.0455. The molecular weight excluding hydrogens is 356 g/mol. The van der Waals surface area contributed by atoms with E-state index in [2.05, 4.69) is 10.5 Å². The molecule has 3 aromatic carbocycles. The van der Waals surface area contributed by atoms with Crippen LogP contribution in [0, 0.1) is 0 Å². The van der Waals surface area contributed by atoms with Gasteiger partial charge < -0.3 is 9.47 Å². The van der Waals surface area contributed by atoms with Gasteiger partial charge in [-0.1, -0.05) is 18.2 Å². The number of esters is 1. The van der Waals surface area contributed by atoms with Crippen molar-refractivity contribution >= 4 is 18.1 Å². The van der Waals surface area contributed by atoms with Gasteiger partial charge in [0.1, 0.15) is 11.5 Å². The van der Waals surface area contributed by atoms with Crippen LogP contribution in [0.15, 0.2) is 84.0 Å². The van der Waals surface area contributed by atoms with Crippen molar-refractivity contribution in [1.29, 1.82) is 0 Å². The fourth-order valence-electron chi connectivity index (χ4n) is 2.33. The Labute approximate surface area is 162 Å². The third-order valence-electron chi connectivity index (χ3n) is 3.83. The van der Waals surface area contributed by atoms with E-state index in [4.69, 9.17) is 9.47 Å². The van der Waals surface area contributed by atoms with Gasteiger partial charge >= 0.3 is 5.97 Å². The molecule has 0 fully saturated rings. The summed E-state index contributed by atoms with van der Waals surface area (Å²) in [5, 5.41) is 3.93. The summed E-state index contributed by atoms with van der Waals surface area (Å²) in [4.78, 5) is 24.0. The molecular formula is C22H18N2O4. The summed E-state index contributed by atoms with van der Waals surface area (Å²) < 4.78 is 10.4. The summed E-state index contributed by atoms with van der Waals surface area (Å²) in [5.74, 6) is 0.326. The average Bonchev–Trinajstić information content (AvgIpc) is 2.75. The van der Waals surface area contributed by atoms with Gasteiger partial charge in [0.05, 0.1) is 18.9 Å². The quantitative estimate of drug-likeness (QED) is 0.309. The van der Waals surface area contributed by atoms with Crippen LogP contribution in [0.2, 0.25) is 0 Å². The van der Waals surface area contributed by atoms with Gasteiger partial charge in [0.25, 0.3) is 5.91 Å². The first kappa shape index (κ1) is 18.8. The lowest BCUT2D eigenvalue weighted by atomic mass is 10.2. The molecule has 0 unspecified atom stereocenters. The maximum Gasteiger partial charge on any atom is 0.343 e. The highest BCUT2D eigenvalue weighted by atomic mass is 16.5. The number of nitrogens with zero attached hydrogens (tertiary/aromatic N) is 1. The van der Waals surface area contributed by atoms with Crippen molar-refractivity contribution in [2.24, 2.45) is 5.10 Å². The van der Waals surface area contributed by atoms with Gasteiger partial charge in [-0.2, -0.15) is 5.10 Å². The average molecular weight is 374 g/mol. The van der Waals surface area contributed by atoms with Crippen molar-refractivity contribution < 1.29 is 19.1 Å². The Kier molecular flexibility index (Phi) is 6.15. The van der Waals surface area contributed by atoms with Crippen LogP contribution in [0.1, 0.15) is 26.3 Å². The molecule has 0 spiro atoms. The van der Waals surface area contributed by atoms with Crippen LogP contribution in [0.4, 0.5) is 0 Å². The Bertz CT molecular complexity index is 966. The minimum Gasteiger partial charge on any atom is -0.497 e. The molecule has 0 radical (unpaired) electrons. The molecule has 0 atom stereocenters. The first-order valence-electron chi connectivity index (χ1n) is 8.50. The molecule has 0 aliphatic rings. The van der Waals surface area contributed by atoms with Crippen molar-refractivity contribution in [3.05, 3.63) is 95.6 Å². The minimum atomic E-state index is -0.459. The lowest BCUT2D eigenvalue weighted by Crippen LogP contribution is -2.17. The van der Waals surface area contributed by atoms with Crippen molar-refractivity contribution in [3.63, 3.8) is 0 Å². The molecule has 28 heavy (non-hydrogen) atoms. The van der Waals surface area contributed by atoms with Crippen LogP contribution in [0.5, 0.6) is 11.5 Å². The van der Waals surface area contributed by atoms with Gasteiger partial charge in [-0.3, -0.25) is 4.79 Å². The Balaban J connectivity index is 1.55. The second kappa shape index (κ2) is 9.14. The van der Waals surface area contributed by atoms with Crippen molar-refractivity contribution in [2.45, 2.75) is 0 Å². The van der Waals surface area contributed by atoms with E-state index in [1.807, 2.05) is 6.07 Å². The topological polar surface area (TPSA) is 77.0 Å². The number of hydrogen-bond donors (Lipinski definition) is 1. The molecule has 1 N–H and O–H groups in total. The Hall–Kier alpha value is -3.93. The van der Waals surface area contributed by atoms with Crippen molar-refractivity contribution in [1.82, 2.24) is 5.43 Å². The number of carbonyl (C=O) groups is 2. The van der Waals surface area contributed by atoms with E-state index in [-0.39, 0.29) is 5.91 Å². The number of nitrogens with one attached hydrogen (secondary N) is 1. The Morgan fingerprint density at radius 2 is 1.46 bits per heavy atom. The molecule has 140 valence electrons. The molecule has 0 aliphatic carbocycles. The Morgan fingerprint density at radius 1 is 0.821 bits per heavy atom. The number of rotatable bonds is 6. The van der Waals surface area contributed by atoms with Crippen molar-refractivity contribution in [2.75, 3.05) is 7.11 Å². The fourth-order valence-corrected chi connectivity index (χ4v) is 2.33. The lowest BCUT2D eigenvalue weighted by Gasteiger charge is -2.05. The van der Waals surface area contributed by atoms with Crippen LogP contribution < -0.4 is 14.9 Å². The van der Waals surface area contributed by atoms with E-state index in [1.165, 1.54) is 6.21 Å². The first-order chi connectivity index (χ1) is 13.7. The third-order valence-corrected chi connectivity index (χ3v) is 3.83. The summed E-state index contributed by atoms with van der Waals surface area (Å²) in [6.45, 7) is 0. The molecule has 6 heteroatoms. The van der Waals surface area contributed by atoms with E-state index in [9.17, 15) is 9.59 Å². The number of carbonyl (C=O) groups excluding carboxylic acids is 2. The number of hydrogen-bond acceptors (Lipinski definition) is 5. The van der Waals surface area contributed by atoms with Gasteiger partial charge in [0.15, 0.2) is 0 Å². The van der Waals surface area contributed by atoms with E-state index in [0.29, 0.717) is 22.6 Å². The van der Waals surface area contributed by atoms with E-state index < -0.39 is 5.97 Å². The zero-order valence-corrected chi connectivity index (χ0v) is 15.2. The number of ether oxygens (including phenoxy) is 2. The predicted molar refractivity (Wildman–Crippen MR) is 106 cm³/mol. The second-order valence-electron chi connectivity index (χ2n) is 5.75. The normalized spacial score (nSPS) is 10.5. The highest BCUT2D eigenvalue weighted by molar-refractivity contribution is 5.95. The molecule has 0 aromatic heterocycles. The second-order valence-corrected chi connectivity index (χ2v) is 5.75. The highest BCUT2D eigenvalue weighted by Gasteiger charge is 2.08. The van der Waals surface area contributed by atoms with Gasteiger partial charge in [-0.05, 0) is 66.2 Å². The van der Waals surface area contributed by atoms with Crippen LogP contribution in [-0.2, 0) is 0 Å².